The summed E-state index contributed by atoms with van der Waals surface area (Å²) in [7, 11) is -1.42. The highest BCUT2D eigenvalue weighted by molar-refractivity contribution is 7.89. The molecule has 0 amide bonds. The third-order valence-electron chi connectivity index (χ3n) is 3.17. The molecule has 0 unspecified atom stereocenters. The third kappa shape index (κ3) is 7.22. The lowest BCUT2D eigenvalue weighted by atomic mass is 10.3. The van der Waals surface area contributed by atoms with Crippen molar-refractivity contribution >= 4 is 10.0 Å². The van der Waals surface area contributed by atoms with Gasteiger partial charge in [0.1, 0.15) is 0 Å². The standard InChI is InChI=1S/C12H27N3O3S/c1-12(2)13-19(16,17)11-9-15-6-4-14(5-7-15)8-10-18-3/h12-13H,4-11H2,1-3H3. The van der Waals surface area contributed by atoms with Crippen molar-refractivity contribution in [1.82, 2.24) is 14.5 Å². The Bertz CT molecular complexity index is 338. The number of hydrogen-bond acceptors (Lipinski definition) is 5. The summed E-state index contributed by atoms with van der Waals surface area (Å²) < 4.78 is 31.1. The van der Waals surface area contributed by atoms with E-state index in [1.165, 1.54) is 0 Å². The molecule has 1 heterocycles. The van der Waals surface area contributed by atoms with Crippen molar-refractivity contribution in [3.05, 3.63) is 0 Å². The smallest absolute Gasteiger partial charge is 0.213 e. The Morgan fingerprint density at radius 3 is 2.11 bits per heavy atom. The fraction of sp³-hybridized carbons (Fsp3) is 1.00. The number of hydrogen-bond donors (Lipinski definition) is 1. The van der Waals surface area contributed by atoms with Crippen LogP contribution in [-0.2, 0) is 14.8 Å². The summed E-state index contributed by atoms with van der Waals surface area (Å²) >= 11 is 0. The van der Waals surface area contributed by atoms with E-state index in [4.69, 9.17) is 4.74 Å². The summed E-state index contributed by atoms with van der Waals surface area (Å²) in [6.45, 7) is 9.84. The predicted molar refractivity (Wildman–Crippen MR) is 76.8 cm³/mol. The Hall–Kier alpha value is -0.210. The van der Waals surface area contributed by atoms with Crippen molar-refractivity contribution < 1.29 is 13.2 Å². The van der Waals surface area contributed by atoms with Crippen LogP contribution in [0.15, 0.2) is 0 Å². The summed E-state index contributed by atoms with van der Waals surface area (Å²) in [5.74, 6) is 0.184. The maximum absolute atomic E-state index is 11.7. The minimum absolute atomic E-state index is 0.0316. The van der Waals surface area contributed by atoms with E-state index in [2.05, 4.69) is 14.5 Å². The highest BCUT2D eigenvalue weighted by atomic mass is 32.2. The molecule has 0 spiro atoms. The molecule has 0 aromatic rings. The van der Waals surface area contributed by atoms with E-state index in [9.17, 15) is 8.42 Å². The molecule has 114 valence electrons. The van der Waals surface area contributed by atoms with Gasteiger partial charge in [-0.3, -0.25) is 9.80 Å². The number of methoxy groups -OCH3 is 1. The maximum atomic E-state index is 11.7. The minimum Gasteiger partial charge on any atom is -0.383 e. The Morgan fingerprint density at radius 1 is 1.11 bits per heavy atom. The van der Waals surface area contributed by atoms with E-state index < -0.39 is 10.0 Å². The van der Waals surface area contributed by atoms with Crippen LogP contribution in [0.1, 0.15) is 13.8 Å². The fourth-order valence-corrected chi connectivity index (χ4v) is 3.46. The lowest BCUT2D eigenvalue weighted by Gasteiger charge is -2.34. The lowest BCUT2D eigenvalue weighted by Crippen LogP contribution is -2.49. The van der Waals surface area contributed by atoms with Crippen LogP contribution < -0.4 is 4.72 Å². The van der Waals surface area contributed by atoms with Gasteiger partial charge < -0.3 is 4.74 Å². The van der Waals surface area contributed by atoms with Crippen LogP contribution in [0.2, 0.25) is 0 Å². The Balaban J connectivity index is 2.22. The molecule has 0 aromatic heterocycles. The van der Waals surface area contributed by atoms with Gasteiger partial charge in [0.2, 0.25) is 10.0 Å². The van der Waals surface area contributed by atoms with Gasteiger partial charge in [-0.25, -0.2) is 13.1 Å². The number of sulfonamides is 1. The highest BCUT2D eigenvalue weighted by Crippen LogP contribution is 2.02. The summed E-state index contributed by atoms with van der Waals surface area (Å²) in [6, 6.07) is -0.0316. The van der Waals surface area contributed by atoms with Crippen LogP contribution in [-0.4, -0.2) is 83.0 Å². The summed E-state index contributed by atoms with van der Waals surface area (Å²) in [6.07, 6.45) is 0. The van der Waals surface area contributed by atoms with Gasteiger partial charge >= 0.3 is 0 Å². The second-order valence-electron chi connectivity index (χ2n) is 5.27. The molecule has 0 aromatic carbocycles. The third-order valence-corrected chi connectivity index (χ3v) is 4.72. The van der Waals surface area contributed by atoms with Crippen molar-refractivity contribution in [2.45, 2.75) is 19.9 Å². The van der Waals surface area contributed by atoms with Crippen LogP contribution in [0.4, 0.5) is 0 Å². The first-order valence-electron chi connectivity index (χ1n) is 6.86. The van der Waals surface area contributed by atoms with Crippen LogP contribution in [0.25, 0.3) is 0 Å². The summed E-state index contributed by atoms with van der Waals surface area (Å²) in [5.41, 5.74) is 0. The molecule has 7 heteroatoms. The first kappa shape index (κ1) is 16.8. The predicted octanol–water partition coefficient (Wildman–Crippen LogP) is -0.422. The quantitative estimate of drug-likeness (QED) is 0.658. The number of ether oxygens (including phenoxy) is 1. The van der Waals surface area contributed by atoms with Gasteiger partial charge in [0.15, 0.2) is 0 Å². The fourth-order valence-electron chi connectivity index (χ4n) is 2.12. The molecule has 1 saturated heterocycles. The van der Waals surface area contributed by atoms with Crippen molar-refractivity contribution in [2.24, 2.45) is 0 Å². The second kappa shape index (κ2) is 8.16. The van der Waals surface area contributed by atoms with Gasteiger partial charge in [0.25, 0.3) is 0 Å². The lowest BCUT2D eigenvalue weighted by molar-refractivity contribution is 0.0998. The zero-order valence-electron chi connectivity index (χ0n) is 12.3. The Labute approximate surface area is 117 Å². The van der Waals surface area contributed by atoms with Gasteiger partial charge in [-0.1, -0.05) is 0 Å². The molecular formula is C12H27N3O3S. The Morgan fingerprint density at radius 2 is 1.63 bits per heavy atom. The minimum atomic E-state index is -3.13. The van der Waals surface area contributed by atoms with Crippen LogP contribution in [0.3, 0.4) is 0 Å². The van der Waals surface area contributed by atoms with E-state index in [-0.39, 0.29) is 11.8 Å². The van der Waals surface area contributed by atoms with E-state index in [1.807, 2.05) is 13.8 Å². The summed E-state index contributed by atoms with van der Waals surface area (Å²) in [5, 5.41) is 0. The molecular weight excluding hydrogens is 266 g/mol. The van der Waals surface area contributed by atoms with E-state index in [1.54, 1.807) is 7.11 Å². The van der Waals surface area contributed by atoms with E-state index in [0.717, 1.165) is 39.3 Å². The van der Waals surface area contributed by atoms with Crippen LogP contribution in [0, 0.1) is 0 Å². The number of piperazine rings is 1. The maximum Gasteiger partial charge on any atom is 0.213 e. The average molecular weight is 293 g/mol. The Kier molecular flexibility index (Phi) is 7.23. The van der Waals surface area contributed by atoms with Crippen molar-refractivity contribution in [2.75, 3.05) is 58.7 Å². The van der Waals surface area contributed by atoms with Crippen molar-refractivity contribution in [3.63, 3.8) is 0 Å². The van der Waals surface area contributed by atoms with Crippen LogP contribution in [0.5, 0.6) is 0 Å². The number of nitrogens with one attached hydrogen (secondary N) is 1. The number of nitrogens with zero attached hydrogens (tertiary/aromatic N) is 2. The largest absolute Gasteiger partial charge is 0.383 e. The molecule has 0 radical (unpaired) electrons. The van der Waals surface area contributed by atoms with Gasteiger partial charge in [0, 0.05) is 52.4 Å². The first-order chi connectivity index (χ1) is 8.93. The molecule has 0 aliphatic carbocycles. The van der Waals surface area contributed by atoms with E-state index in [0.29, 0.717) is 6.54 Å². The topological polar surface area (TPSA) is 61.9 Å². The van der Waals surface area contributed by atoms with Crippen LogP contribution >= 0.6 is 0 Å². The van der Waals surface area contributed by atoms with Gasteiger partial charge in [-0.2, -0.15) is 0 Å². The zero-order valence-corrected chi connectivity index (χ0v) is 13.1. The van der Waals surface area contributed by atoms with Gasteiger partial charge in [-0.05, 0) is 13.8 Å². The SMILES string of the molecule is COCCN1CCN(CCS(=O)(=O)NC(C)C)CC1. The zero-order chi connectivity index (χ0) is 14.3. The van der Waals surface area contributed by atoms with Crippen molar-refractivity contribution in [1.29, 1.82) is 0 Å². The molecule has 0 saturated carbocycles. The molecule has 6 nitrogen and oxygen atoms in total. The molecule has 1 aliphatic heterocycles. The molecule has 0 bridgehead atoms. The van der Waals surface area contributed by atoms with Crippen molar-refractivity contribution in [3.8, 4) is 0 Å². The monoisotopic (exact) mass is 293 g/mol. The molecule has 1 rings (SSSR count). The van der Waals surface area contributed by atoms with E-state index >= 15 is 0 Å². The molecule has 19 heavy (non-hydrogen) atoms. The molecule has 1 N–H and O–H groups in total. The van der Waals surface area contributed by atoms with Gasteiger partial charge in [0.05, 0.1) is 12.4 Å². The average Bonchev–Trinajstić information content (AvgIpc) is 2.34. The van der Waals surface area contributed by atoms with Gasteiger partial charge in [-0.15, -0.1) is 0 Å². The second-order valence-corrected chi connectivity index (χ2v) is 7.14. The molecule has 0 atom stereocenters. The summed E-state index contributed by atoms with van der Waals surface area (Å²) in [4.78, 5) is 4.56. The first-order valence-corrected chi connectivity index (χ1v) is 8.52. The number of rotatable bonds is 8. The normalized spacial score (nSPS) is 19.2. The molecule has 1 fully saturated rings. The highest BCUT2D eigenvalue weighted by Gasteiger charge is 2.19. The molecule has 1 aliphatic rings.